The van der Waals surface area contributed by atoms with Crippen molar-refractivity contribution < 1.29 is 32.4 Å². The molecule has 1 aromatic rings. The van der Waals surface area contributed by atoms with E-state index in [1.54, 1.807) is 27.7 Å². The Labute approximate surface area is 126 Å². The SMILES string of the molecule is CC1(C)OB(c2cc(C(F)(F)F)ccc2C(=O)O)OC1(C)C. The van der Waals surface area contributed by atoms with Crippen LogP contribution in [0.2, 0.25) is 0 Å². The number of rotatable bonds is 2. The van der Waals surface area contributed by atoms with Crippen molar-refractivity contribution in [1.82, 2.24) is 0 Å². The zero-order valence-electron chi connectivity index (χ0n) is 12.6. The zero-order chi connectivity index (χ0) is 16.9. The van der Waals surface area contributed by atoms with Crippen molar-refractivity contribution in [3.8, 4) is 0 Å². The molecule has 1 aliphatic rings. The molecule has 0 amide bonds. The minimum absolute atomic E-state index is 0.138. The van der Waals surface area contributed by atoms with Crippen molar-refractivity contribution in [3.05, 3.63) is 29.3 Å². The number of alkyl halides is 3. The van der Waals surface area contributed by atoms with Gasteiger partial charge in [0.1, 0.15) is 0 Å². The highest BCUT2D eigenvalue weighted by Gasteiger charge is 2.52. The average molecular weight is 316 g/mol. The summed E-state index contributed by atoms with van der Waals surface area (Å²) in [6.07, 6.45) is -4.57. The Morgan fingerprint density at radius 1 is 1.14 bits per heavy atom. The van der Waals surface area contributed by atoms with Crippen LogP contribution in [0.3, 0.4) is 0 Å². The van der Waals surface area contributed by atoms with Crippen molar-refractivity contribution in [2.75, 3.05) is 0 Å². The molecule has 4 nitrogen and oxygen atoms in total. The number of benzene rings is 1. The largest absolute Gasteiger partial charge is 0.495 e. The highest BCUT2D eigenvalue weighted by molar-refractivity contribution is 6.63. The molecule has 0 atom stereocenters. The summed E-state index contributed by atoms with van der Waals surface area (Å²) in [4.78, 5) is 11.3. The first-order valence-corrected chi connectivity index (χ1v) is 6.65. The van der Waals surface area contributed by atoms with Crippen molar-refractivity contribution in [2.45, 2.75) is 45.1 Å². The Hall–Kier alpha value is -1.54. The Morgan fingerprint density at radius 3 is 2.05 bits per heavy atom. The van der Waals surface area contributed by atoms with Gasteiger partial charge in [0.2, 0.25) is 0 Å². The third-order valence-electron chi connectivity index (χ3n) is 4.12. The van der Waals surface area contributed by atoms with Gasteiger partial charge in [-0.3, -0.25) is 0 Å². The van der Waals surface area contributed by atoms with E-state index in [0.29, 0.717) is 0 Å². The van der Waals surface area contributed by atoms with Gasteiger partial charge in [-0.05, 0) is 51.4 Å². The van der Waals surface area contributed by atoms with Gasteiger partial charge in [-0.1, -0.05) is 0 Å². The van der Waals surface area contributed by atoms with Gasteiger partial charge in [0.05, 0.1) is 22.3 Å². The van der Waals surface area contributed by atoms with E-state index >= 15 is 0 Å². The fraction of sp³-hybridized carbons (Fsp3) is 0.500. The normalized spacial score (nSPS) is 20.2. The molecule has 1 fully saturated rings. The summed E-state index contributed by atoms with van der Waals surface area (Å²) in [6.45, 7) is 6.95. The predicted octanol–water partition coefficient (Wildman–Crippen LogP) is 2.70. The summed E-state index contributed by atoms with van der Waals surface area (Å²) in [5, 5.41) is 9.19. The molecule has 1 N–H and O–H groups in total. The maximum absolute atomic E-state index is 12.9. The molecule has 2 rings (SSSR count). The zero-order valence-corrected chi connectivity index (χ0v) is 12.6. The van der Waals surface area contributed by atoms with Gasteiger partial charge in [-0.15, -0.1) is 0 Å². The highest BCUT2D eigenvalue weighted by Crippen LogP contribution is 2.37. The molecular formula is C14H16BF3O4. The summed E-state index contributed by atoms with van der Waals surface area (Å²) in [7, 11) is -1.17. The Morgan fingerprint density at radius 2 is 1.64 bits per heavy atom. The molecule has 0 saturated carbocycles. The lowest BCUT2D eigenvalue weighted by Gasteiger charge is -2.32. The standard InChI is InChI=1S/C14H16BF3O4/c1-12(2)13(3,4)22-15(21-12)10-7-8(14(16,17)18)5-6-9(10)11(19)20/h5-7H,1-4H3,(H,19,20). The minimum atomic E-state index is -4.57. The fourth-order valence-electron chi connectivity index (χ4n) is 2.10. The molecule has 0 unspecified atom stereocenters. The van der Waals surface area contributed by atoms with E-state index in [2.05, 4.69) is 0 Å². The summed E-state index contributed by atoms with van der Waals surface area (Å²) < 4.78 is 49.9. The molecule has 0 radical (unpaired) electrons. The quantitative estimate of drug-likeness (QED) is 0.853. The lowest BCUT2D eigenvalue weighted by atomic mass is 9.75. The third-order valence-corrected chi connectivity index (χ3v) is 4.12. The van der Waals surface area contributed by atoms with Crippen LogP contribution in [0.4, 0.5) is 13.2 Å². The lowest BCUT2D eigenvalue weighted by Crippen LogP contribution is -2.41. The van der Waals surface area contributed by atoms with E-state index in [4.69, 9.17) is 9.31 Å². The maximum atomic E-state index is 12.9. The first-order chi connectivity index (χ1) is 9.85. The van der Waals surface area contributed by atoms with Gasteiger partial charge in [0.15, 0.2) is 0 Å². The van der Waals surface area contributed by atoms with E-state index in [1.807, 2.05) is 0 Å². The number of carboxylic acid groups (broad SMARTS) is 1. The third kappa shape index (κ3) is 2.85. The van der Waals surface area contributed by atoms with Crippen molar-refractivity contribution >= 4 is 18.6 Å². The van der Waals surface area contributed by atoms with Gasteiger partial charge >= 0.3 is 19.3 Å². The van der Waals surface area contributed by atoms with Crippen LogP contribution in [-0.4, -0.2) is 29.4 Å². The number of halogens is 3. The molecule has 1 aliphatic heterocycles. The van der Waals surface area contributed by atoms with Gasteiger partial charge < -0.3 is 14.4 Å². The molecule has 0 aromatic heterocycles. The summed E-state index contributed by atoms with van der Waals surface area (Å²) in [5.74, 6) is -1.33. The molecule has 1 aromatic carbocycles. The molecule has 1 heterocycles. The number of aromatic carboxylic acids is 1. The summed E-state index contributed by atoms with van der Waals surface area (Å²) >= 11 is 0. The van der Waals surface area contributed by atoms with Crippen LogP contribution in [0.15, 0.2) is 18.2 Å². The maximum Gasteiger partial charge on any atom is 0.495 e. The Balaban J connectivity index is 2.52. The molecule has 22 heavy (non-hydrogen) atoms. The van der Waals surface area contributed by atoms with Crippen LogP contribution in [0.5, 0.6) is 0 Å². The monoisotopic (exact) mass is 316 g/mol. The number of carboxylic acids is 1. The van der Waals surface area contributed by atoms with E-state index in [9.17, 15) is 23.1 Å². The van der Waals surface area contributed by atoms with Gasteiger partial charge in [-0.25, -0.2) is 4.79 Å². The van der Waals surface area contributed by atoms with Crippen LogP contribution in [0.25, 0.3) is 0 Å². The van der Waals surface area contributed by atoms with E-state index in [-0.39, 0.29) is 11.0 Å². The Bertz CT molecular complexity index is 595. The molecule has 0 bridgehead atoms. The van der Waals surface area contributed by atoms with E-state index in [1.165, 1.54) is 0 Å². The second kappa shape index (κ2) is 4.99. The first-order valence-electron chi connectivity index (χ1n) is 6.65. The number of hydrogen-bond acceptors (Lipinski definition) is 3. The van der Waals surface area contributed by atoms with Gasteiger partial charge in [0, 0.05) is 0 Å². The molecule has 8 heteroatoms. The molecular weight excluding hydrogens is 300 g/mol. The molecule has 0 aliphatic carbocycles. The smallest absolute Gasteiger partial charge is 0.478 e. The van der Waals surface area contributed by atoms with Crippen LogP contribution in [-0.2, 0) is 15.5 Å². The van der Waals surface area contributed by atoms with E-state index < -0.39 is 36.0 Å². The number of carbonyl (C=O) groups is 1. The minimum Gasteiger partial charge on any atom is -0.478 e. The first kappa shape index (κ1) is 16.8. The summed E-state index contributed by atoms with van der Waals surface area (Å²) in [6, 6.07) is 2.43. The van der Waals surface area contributed by atoms with Crippen LogP contribution in [0, 0.1) is 0 Å². The predicted molar refractivity (Wildman–Crippen MR) is 74.1 cm³/mol. The summed E-state index contributed by atoms with van der Waals surface area (Å²) in [5.41, 5.74) is -2.90. The van der Waals surface area contributed by atoms with Crippen LogP contribution >= 0.6 is 0 Å². The number of hydrogen-bond donors (Lipinski definition) is 1. The fourth-order valence-corrected chi connectivity index (χ4v) is 2.10. The van der Waals surface area contributed by atoms with Crippen molar-refractivity contribution in [1.29, 1.82) is 0 Å². The molecule has 120 valence electrons. The second-order valence-electron chi connectivity index (χ2n) is 6.19. The van der Waals surface area contributed by atoms with Gasteiger partial charge in [-0.2, -0.15) is 13.2 Å². The van der Waals surface area contributed by atoms with E-state index in [0.717, 1.165) is 18.2 Å². The Kier molecular flexibility index (Phi) is 3.82. The molecule has 0 spiro atoms. The molecule has 1 saturated heterocycles. The van der Waals surface area contributed by atoms with Crippen LogP contribution in [0.1, 0.15) is 43.6 Å². The highest BCUT2D eigenvalue weighted by atomic mass is 19.4. The van der Waals surface area contributed by atoms with Gasteiger partial charge in [0.25, 0.3) is 0 Å². The van der Waals surface area contributed by atoms with Crippen LogP contribution < -0.4 is 5.46 Å². The average Bonchev–Trinajstić information content (AvgIpc) is 2.56. The topological polar surface area (TPSA) is 55.8 Å². The van der Waals surface area contributed by atoms with Crippen molar-refractivity contribution in [3.63, 3.8) is 0 Å². The lowest BCUT2D eigenvalue weighted by molar-refractivity contribution is -0.137. The second-order valence-corrected chi connectivity index (χ2v) is 6.19. The van der Waals surface area contributed by atoms with Crippen molar-refractivity contribution in [2.24, 2.45) is 0 Å².